The van der Waals surface area contributed by atoms with Gasteiger partial charge in [0.05, 0.1) is 54.8 Å². The Balaban J connectivity index is 1.42. The number of amidine groups is 2. The van der Waals surface area contributed by atoms with Gasteiger partial charge in [-0.05, 0) is 42.5 Å². The van der Waals surface area contributed by atoms with E-state index in [-0.39, 0.29) is 21.7 Å². The first kappa shape index (κ1) is 26.6. The van der Waals surface area contributed by atoms with Crippen LogP contribution in [0.5, 0.6) is 11.8 Å². The molecule has 11 heteroatoms. The van der Waals surface area contributed by atoms with Gasteiger partial charge in [0.1, 0.15) is 23.3 Å². The maximum absolute atomic E-state index is 16.1. The molecule has 8 nitrogen and oxygen atoms in total. The third kappa shape index (κ3) is 4.84. The van der Waals surface area contributed by atoms with Crippen LogP contribution in [-0.4, -0.2) is 62.0 Å². The van der Waals surface area contributed by atoms with Gasteiger partial charge in [0.15, 0.2) is 0 Å². The van der Waals surface area contributed by atoms with Crippen molar-refractivity contribution >= 4 is 23.3 Å². The van der Waals surface area contributed by atoms with E-state index in [9.17, 15) is 0 Å². The molecular formula is C30H25ClF2N6O2. The highest BCUT2D eigenvalue weighted by atomic mass is 35.5. The van der Waals surface area contributed by atoms with Gasteiger partial charge >= 0.3 is 0 Å². The lowest BCUT2D eigenvalue weighted by atomic mass is 9.96. The summed E-state index contributed by atoms with van der Waals surface area (Å²) in [5.41, 5.74) is 2.65. The van der Waals surface area contributed by atoms with Crippen molar-refractivity contribution in [2.24, 2.45) is 9.98 Å². The van der Waals surface area contributed by atoms with Crippen LogP contribution in [0, 0.1) is 11.6 Å². The molecule has 2 N–H and O–H groups in total. The maximum atomic E-state index is 16.1. The van der Waals surface area contributed by atoms with Crippen molar-refractivity contribution in [3.05, 3.63) is 82.4 Å². The van der Waals surface area contributed by atoms with Crippen LogP contribution >= 0.6 is 11.6 Å². The van der Waals surface area contributed by atoms with Crippen molar-refractivity contribution in [2.45, 2.75) is 0 Å². The van der Waals surface area contributed by atoms with E-state index in [2.05, 4.69) is 30.6 Å². The van der Waals surface area contributed by atoms with Gasteiger partial charge in [0.2, 0.25) is 11.8 Å². The van der Waals surface area contributed by atoms with Crippen LogP contribution in [0.3, 0.4) is 0 Å². The molecule has 4 heterocycles. The quantitative estimate of drug-likeness (QED) is 0.318. The molecule has 0 atom stereocenters. The van der Waals surface area contributed by atoms with Crippen LogP contribution in [0.4, 0.5) is 8.78 Å². The zero-order valence-electron chi connectivity index (χ0n) is 22.3. The second kappa shape index (κ2) is 11.1. The molecule has 0 saturated carbocycles. The molecule has 2 aliphatic heterocycles. The molecule has 0 unspecified atom stereocenters. The fourth-order valence-corrected chi connectivity index (χ4v) is 5.28. The minimum absolute atomic E-state index is 0.00776. The third-order valence-electron chi connectivity index (χ3n) is 6.88. The summed E-state index contributed by atoms with van der Waals surface area (Å²) in [5.74, 6) is 0.661. The van der Waals surface area contributed by atoms with Gasteiger partial charge in [0, 0.05) is 35.3 Å². The Labute approximate surface area is 240 Å². The van der Waals surface area contributed by atoms with Crippen molar-refractivity contribution in [1.29, 1.82) is 0 Å². The molecule has 0 bridgehead atoms. The SMILES string of the molecule is COc1nc(-c2cccc(-c3c(F)ccc(-c4ccc(C5=NCCN5)c(OC)n4)c3Cl)c2F)ccc1C1=NCCN1. The first-order valence-electron chi connectivity index (χ1n) is 12.9. The molecule has 208 valence electrons. The number of halogens is 3. The summed E-state index contributed by atoms with van der Waals surface area (Å²) < 4.78 is 42.4. The molecular weight excluding hydrogens is 550 g/mol. The average molecular weight is 575 g/mol. The van der Waals surface area contributed by atoms with Gasteiger partial charge < -0.3 is 20.1 Å². The topological polar surface area (TPSA) is 93.0 Å². The second-order valence-electron chi connectivity index (χ2n) is 9.27. The van der Waals surface area contributed by atoms with E-state index in [1.807, 2.05) is 6.07 Å². The van der Waals surface area contributed by atoms with E-state index < -0.39 is 11.6 Å². The summed E-state index contributed by atoms with van der Waals surface area (Å²) in [6.07, 6.45) is 0. The van der Waals surface area contributed by atoms with Crippen LogP contribution in [0.15, 0.2) is 64.6 Å². The fraction of sp³-hybridized carbons (Fsp3) is 0.200. The summed E-state index contributed by atoms with van der Waals surface area (Å²) in [4.78, 5) is 18.0. The molecule has 0 amide bonds. The summed E-state index contributed by atoms with van der Waals surface area (Å²) in [6.45, 7) is 2.77. The zero-order valence-corrected chi connectivity index (χ0v) is 23.0. The maximum Gasteiger partial charge on any atom is 0.224 e. The lowest BCUT2D eigenvalue weighted by Crippen LogP contribution is -2.20. The van der Waals surface area contributed by atoms with Gasteiger partial charge in [-0.1, -0.05) is 23.7 Å². The predicted octanol–water partition coefficient (Wildman–Crippen LogP) is 5.13. The summed E-state index contributed by atoms with van der Waals surface area (Å²) >= 11 is 6.78. The Morgan fingerprint density at radius 1 is 0.683 bits per heavy atom. The number of benzene rings is 2. The molecule has 2 aromatic heterocycles. The van der Waals surface area contributed by atoms with E-state index in [0.717, 1.165) is 13.1 Å². The van der Waals surface area contributed by atoms with Crippen molar-refractivity contribution in [2.75, 3.05) is 40.4 Å². The number of nitrogens with zero attached hydrogens (tertiary/aromatic N) is 4. The Kier molecular flexibility index (Phi) is 7.23. The molecule has 6 rings (SSSR count). The lowest BCUT2D eigenvalue weighted by molar-refractivity contribution is 0.397. The van der Waals surface area contributed by atoms with E-state index in [0.29, 0.717) is 64.6 Å². The Morgan fingerprint density at radius 3 is 1.76 bits per heavy atom. The smallest absolute Gasteiger partial charge is 0.224 e. The van der Waals surface area contributed by atoms with Crippen molar-refractivity contribution in [3.8, 4) is 45.4 Å². The standard InChI is InChI=1S/C30H25ClF2N6O2/c1-40-29-19(27-34-12-13-35-27)7-10-22(38-29)16-6-9-21(32)24(25(16)31)18-5-3-4-17(26(18)33)23-11-8-20(30(39-23)41-2)28-36-14-15-37-28/h3-11H,12-15H2,1-2H3,(H,34,35)(H,36,37). The predicted molar refractivity (Wildman–Crippen MR) is 155 cm³/mol. The number of ether oxygens (including phenoxy) is 2. The van der Waals surface area contributed by atoms with Crippen LogP contribution in [0.2, 0.25) is 5.02 Å². The Morgan fingerprint density at radius 2 is 1.22 bits per heavy atom. The minimum Gasteiger partial charge on any atom is -0.480 e. The number of rotatable bonds is 7. The minimum atomic E-state index is -0.672. The van der Waals surface area contributed by atoms with E-state index in [1.54, 1.807) is 30.3 Å². The molecule has 0 spiro atoms. The molecule has 41 heavy (non-hydrogen) atoms. The number of aliphatic imine (C=N–C) groups is 2. The van der Waals surface area contributed by atoms with Crippen molar-refractivity contribution < 1.29 is 18.3 Å². The molecule has 0 aliphatic carbocycles. The van der Waals surface area contributed by atoms with Gasteiger partial charge in [-0.25, -0.2) is 18.7 Å². The highest BCUT2D eigenvalue weighted by molar-refractivity contribution is 6.36. The summed E-state index contributed by atoms with van der Waals surface area (Å²) in [6, 6.07) is 14.5. The van der Waals surface area contributed by atoms with Crippen molar-refractivity contribution in [3.63, 3.8) is 0 Å². The normalized spacial score (nSPS) is 14.3. The molecule has 2 aliphatic rings. The van der Waals surface area contributed by atoms with Gasteiger partial charge in [-0.3, -0.25) is 9.98 Å². The first-order valence-corrected chi connectivity index (χ1v) is 13.3. The summed E-state index contributed by atoms with van der Waals surface area (Å²) in [7, 11) is 3.00. The zero-order chi connectivity index (χ0) is 28.5. The lowest BCUT2D eigenvalue weighted by Gasteiger charge is -2.15. The van der Waals surface area contributed by atoms with Crippen molar-refractivity contribution in [1.82, 2.24) is 20.6 Å². The van der Waals surface area contributed by atoms with E-state index in [1.165, 1.54) is 32.4 Å². The van der Waals surface area contributed by atoms with Crippen LogP contribution in [-0.2, 0) is 0 Å². The number of hydrogen-bond donors (Lipinski definition) is 2. The highest BCUT2D eigenvalue weighted by Crippen LogP contribution is 2.41. The van der Waals surface area contributed by atoms with E-state index >= 15 is 8.78 Å². The average Bonchev–Trinajstić information content (AvgIpc) is 3.73. The highest BCUT2D eigenvalue weighted by Gasteiger charge is 2.23. The first-order chi connectivity index (χ1) is 20.0. The van der Waals surface area contributed by atoms with Crippen LogP contribution < -0.4 is 20.1 Å². The third-order valence-corrected chi connectivity index (χ3v) is 7.27. The Hall–Kier alpha value is -4.57. The largest absolute Gasteiger partial charge is 0.480 e. The molecule has 4 aromatic rings. The summed E-state index contributed by atoms with van der Waals surface area (Å²) in [5, 5.41) is 6.40. The van der Waals surface area contributed by atoms with Gasteiger partial charge in [0.25, 0.3) is 0 Å². The fourth-order valence-electron chi connectivity index (χ4n) is 4.93. The molecule has 0 radical (unpaired) electrons. The van der Waals surface area contributed by atoms with E-state index in [4.69, 9.17) is 21.1 Å². The van der Waals surface area contributed by atoms with Crippen LogP contribution in [0.25, 0.3) is 33.6 Å². The number of nitrogens with one attached hydrogen (secondary N) is 2. The number of pyridine rings is 2. The monoisotopic (exact) mass is 574 g/mol. The van der Waals surface area contributed by atoms with Gasteiger partial charge in [-0.15, -0.1) is 0 Å². The van der Waals surface area contributed by atoms with Crippen LogP contribution in [0.1, 0.15) is 11.1 Å². The number of methoxy groups -OCH3 is 2. The van der Waals surface area contributed by atoms with Gasteiger partial charge in [-0.2, -0.15) is 0 Å². The molecule has 0 saturated heterocycles. The number of aromatic nitrogens is 2. The molecule has 0 fully saturated rings. The Bertz CT molecular complexity index is 1730. The molecule has 2 aromatic carbocycles. The number of hydrogen-bond acceptors (Lipinski definition) is 8. The second-order valence-corrected chi connectivity index (χ2v) is 9.65.